The predicted octanol–water partition coefficient (Wildman–Crippen LogP) is 9.72. The maximum Gasteiger partial charge on any atom is 0.0457 e. The Morgan fingerprint density at radius 2 is 1.26 bits per heavy atom. The van der Waals surface area contributed by atoms with E-state index in [0.717, 1.165) is 0 Å². The van der Waals surface area contributed by atoms with Crippen molar-refractivity contribution in [2.24, 2.45) is 0 Å². The third-order valence-electron chi connectivity index (χ3n) is 7.49. The Morgan fingerprint density at radius 3 is 1.89 bits per heavy atom. The van der Waals surface area contributed by atoms with Crippen LogP contribution in [0.5, 0.6) is 0 Å². The van der Waals surface area contributed by atoms with E-state index in [1.807, 2.05) is 0 Å². The van der Waals surface area contributed by atoms with Crippen LogP contribution in [0, 0.1) is 0 Å². The molecular formula is C34H37N. The summed E-state index contributed by atoms with van der Waals surface area (Å²) >= 11 is 0. The lowest BCUT2D eigenvalue weighted by molar-refractivity contribution is 0.557. The zero-order valence-corrected chi connectivity index (χ0v) is 22.2. The first-order chi connectivity index (χ1) is 16.6. The monoisotopic (exact) mass is 459 g/mol. The minimum atomic E-state index is -0.0836. The molecule has 178 valence electrons. The van der Waals surface area contributed by atoms with Gasteiger partial charge in [-0.25, -0.2) is 0 Å². The molecule has 1 aliphatic carbocycles. The summed E-state index contributed by atoms with van der Waals surface area (Å²) < 4.78 is 0. The van der Waals surface area contributed by atoms with E-state index in [0.29, 0.717) is 5.92 Å². The lowest BCUT2D eigenvalue weighted by Crippen LogP contribution is -2.38. The molecule has 1 nitrogen and oxygen atoms in total. The van der Waals surface area contributed by atoms with E-state index in [-0.39, 0.29) is 11.0 Å². The molecule has 4 aromatic rings. The minimum absolute atomic E-state index is 0.0119. The molecule has 1 aliphatic rings. The Kier molecular flexibility index (Phi) is 5.63. The molecule has 0 radical (unpaired) electrons. The summed E-state index contributed by atoms with van der Waals surface area (Å²) in [5, 5.41) is 0. The van der Waals surface area contributed by atoms with Gasteiger partial charge in [-0.2, -0.15) is 0 Å². The van der Waals surface area contributed by atoms with Gasteiger partial charge < -0.3 is 4.90 Å². The fourth-order valence-corrected chi connectivity index (χ4v) is 5.91. The van der Waals surface area contributed by atoms with Crippen molar-refractivity contribution in [3.05, 3.63) is 108 Å². The zero-order valence-electron chi connectivity index (χ0n) is 22.2. The van der Waals surface area contributed by atoms with Gasteiger partial charge in [0.05, 0.1) is 0 Å². The Balaban J connectivity index is 1.71. The van der Waals surface area contributed by atoms with E-state index < -0.39 is 0 Å². The Labute approximate surface area is 211 Å². The van der Waals surface area contributed by atoms with E-state index >= 15 is 0 Å². The molecule has 0 N–H and O–H groups in total. The van der Waals surface area contributed by atoms with Crippen molar-refractivity contribution in [2.75, 3.05) is 4.90 Å². The summed E-state index contributed by atoms with van der Waals surface area (Å²) in [6.07, 6.45) is 0. The molecule has 1 heteroatoms. The van der Waals surface area contributed by atoms with Gasteiger partial charge in [-0.15, -0.1) is 0 Å². The average Bonchev–Trinajstić information content (AvgIpc) is 3.06. The van der Waals surface area contributed by atoms with Crippen LogP contribution < -0.4 is 4.90 Å². The van der Waals surface area contributed by atoms with E-state index in [1.54, 1.807) is 0 Å². The van der Waals surface area contributed by atoms with E-state index in [9.17, 15) is 0 Å². The first-order valence-electron chi connectivity index (χ1n) is 12.8. The quantitative estimate of drug-likeness (QED) is 0.293. The number of anilines is 2. The highest BCUT2D eigenvalue weighted by Gasteiger charge is 2.39. The molecular weight excluding hydrogens is 422 g/mol. The number of benzene rings is 4. The van der Waals surface area contributed by atoms with Gasteiger partial charge >= 0.3 is 0 Å². The van der Waals surface area contributed by atoms with Crippen molar-refractivity contribution in [1.29, 1.82) is 0 Å². The molecule has 0 unspecified atom stereocenters. The second-order valence-electron chi connectivity index (χ2n) is 11.7. The lowest BCUT2D eigenvalue weighted by atomic mass is 9.81. The zero-order chi connectivity index (χ0) is 25.0. The summed E-state index contributed by atoms with van der Waals surface area (Å²) in [7, 11) is 0. The van der Waals surface area contributed by atoms with Gasteiger partial charge in [0.2, 0.25) is 0 Å². The molecule has 0 bridgehead atoms. The van der Waals surface area contributed by atoms with E-state index in [1.165, 1.54) is 50.3 Å². The molecule has 0 aliphatic heterocycles. The average molecular weight is 460 g/mol. The Morgan fingerprint density at radius 1 is 0.657 bits per heavy atom. The molecule has 0 amide bonds. The van der Waals surface area contributed by atoms with E-state index in [2.05, 4.69) is 144 Å². The second-order valence-corrected chi connectivity index (χ2v) is 11.7. The van der Waals surface area contributed by atoms with Gasteiger partial charge in [-0.3, -0.25) is 0 Å². The fourth-order valence-electron chi connectivity index (χ4n) is 5.91. The number of fused-ring (bicyclic) bond motifs is 3. The molecule has 0 saturated carbocycles. The van der Waals surface area contributed by atoms with Crippen LogP contribution in [0.15, 0.2) is 91.0 Å². The Bertz CT molecular complexity index is 1350. The smallest absolute Gasteiger partial charge is 0.0457 e. The van der Waals surface area contributed by atoms with Crippen LogP contribution in [0.1, 0.15) is 71.1 Å². The van der Waals surface area contributed by atoms with Crippen molar-refractivity contribution in [3.63, 3.8) is 0 Å². The largest absolute Gasteiger partial charge is 0.336 e. The lowest BCUT2D eigenvalue weighted by Gasteiger charge is -2.40. The summed E-state index contributed by atoms with van der Waals surface area (Å²) in [5.74, 6) is 0.398. The molecule has 0 aromatic heterocycles. The number of nitrogens with zero attached hydrogens (tertiary/aromatic N) is 1. The van der Waals surface area contributed by atoms with Crippen LogP contribution in [0.25, 0.3) is 22.3 Å². The van der Waals surface area contributed by atoms with Gasteiger partial charge in [-0.05, 0) is 83.8 Å². The normalized spacial score (nSPS) is 14.1. The van der Waals surface area contributed by atoms with Gasteiger partial charge in [0.1, 0.15) is 0 Å². The molecule has 0 saturated heterocycles. The molecule has 0 fully saturated rings. The first kappa shape index (κ1) is 23.4. The maximum absolute atomic E-state index is 2.53. The third kappa shape index (κ3) is 3.88. The van der Waals surface area contributed by atoms with Crippen LogP contribution in [-0.2, 0) is 5.41 Å². The topological polar surface area (TPSA) is 3.24 Å². The van der Waals surface area contributed by atoms with Crippen LogP contribution in [0.2, 0.25) is 0 Å². The van der Waals surface area contributed by atoms with Crippen molar-refractivity contribution in [2.45, 2.75) is 65.3 Å². The number of rotatable bonds is 4. The summed E-state index contributed by atoms with van der Waals surface area (Å²) in [6.45, 7) is 16.4. The first-order valence-corrected chi connectivity index (χ1v) is 12.8. The standard InChI is InChI=1S/C34H37N/c1-23(2)31-30(22-21-29-32(31)27-15-11-12-16-28(27)34(29,6)7)35(33(3,4)5)26-19-17-25(18-20-26)24-13-9-8-10-14-24/h8-23H,1-7H3. The SMILES string of the molecule is CC(C)c1c(N(c2ccc(-c3ccccc3)cc2)C(C)(C)C)ccc2c1-c1ccccc1C2(C)C. The van der Waals surface area contributed by atoms with Gasteiger partial charge in [0.15, 0.2) is 0 Å². The van der Waals surface area contributed by atoms with Crippen molar-refractivity contribution < 1.29 is 0 Å². The number of hydrogen-bond donors (Lipinski definition) is 0. The summed E-state index contributed by atoms with van der Waals surface area (Å²) in [6, 6.07) is 33.4. The van der Waals surface area contributed by atoms with Crippen molar-refractivity contribution in [3.8, 4) is 22.3 Å². The highest BCUT2D eigenvalue weighted by atomic mass is 15.2. The van der Waals surface area contributed by atoms with Crippen molar-refractivity contribution in [1.82, 2.24) is 0 Å². The van der Waals surface area contributed by atoms with E-state index in [4.69, 9.17) is 0 Å². The fraction of sp³-hybridized carbons (Fsp3) is 0.294. The predicted molar refractivity (Wildman–Crippen MR) is 152 cm³/mol. The molecule has 0 spiro atoms. The van der Waals surface area contributed by atoms with Crippen LogP contribution >= 0.6 is 0 Å². The summed E-state index contributed by atoms with van der Waals surface area (Å²) in [5.41, 5.74) is 12.1. The van der Waals surface area contributed by atoms with Crippen LogP contribution in [-0.4, -0.2) is 5.54 Å². The van der Waals surface area contributed by atoms with Crippen LogP contribution in [0.3, 0.4) is 0 Å². The highest BCUT2D eigenvalue weighted by molar-refractivity contribution is 5.89. The van der Waals surface area contributed by atoms with Crippen molar-refractivity contribution >= 4 is 11.4 Å². The molecule has 35 heavy (non-hydrogen) atoms. The van der Waals surface area contributed by atoms with Gasteiger partial charge in [0, 0.05) is 22.3 Å². The minimum Gasteiger partial charge on any atom is -0.336 e. The van der Waals surface area contributed by atoms with Gasteiger partial charge in [-0.1, -0.05) is 100 Å². The molecule has 5 rings (SSSR count). The molecule has 4 aromatic carbocycles. The van der Waals surface area contributed by atoms with Crippen LogP contribution in [0.4, 0.5) is 11.4 Å². The Hall–Kier alpha value is -3.32. The highest BCUT2D eigenvalue weighted by Crippen LogP contribution is 2.54. The van der Waals surface area contributed by atoms with Gasteiger partial charge in [0.25, 0.3) is 0 Å². The third-order valence-corrected chi connectivity index (χ3v) is 7.49. The summed E-state index contributed by atoms with van der Waals surface area (Å²) in [4.78, 5) is 2.53. The second kappa shape index (κ2) is 8.41. The molecule has 0 atom stereocenters. The maximum atomic E-state index is 2.53. The number of hydrogen-bond acceptors (Lipinski definition) is 1. The molecule has 0 heterocycles.